The summed E-state index contributed by atoms with van der Waals surface area (Å²) in [5, 5.41) is 0. The highest BCUT2D eigenvalue weighted by atomic mass is 16.7. The Morgan fingerprint density at radius 3 is 1.62 bits per heavy atom. The summed E-state index contributed by atoms with van der Waals surface area (Å²) in [6.07, 6.45) is 5.34. The van der Waals surface area contributed by atoms with Crippen LogP contribution < -0.4 is 0 Å². The molecule has 0 aromatic rings. The van der Waals surface area contributed by atoms with Crippen LogP contribution in [0.2, 0.25) is 0 Å². The van der Waals surface area contributed by atoms with Crippen LogP contribution in [0, 0.1) is 0 Å². The van der Waals surface area contributed by atoms with Crippen molar-refractivity contribution in [1.29, 1.82) is 0 Å². The zero-order valence-electron chi connectivity index (χ0n) is 10.7. The number of carbonyl (C=O) groups excluding carboxylic acids is 1. The van der Waals surface area contributed by atoms with E-state index >= 15 is 0 Å². The van der Waals surface area contributed by atoms with E-state index in [-0.39, 0.29) is 0 Å². The molecule has 0 aliphatic rings. The van der Waals surface area contributed by atoms with Crippen LogP contribution in [0.5, 0.6) is 0 Å². The lowest BCUT2D eigenvalue weighted by molar-refractivity contribution is 0.0681. The molecule has 0 aromatic heterocycles. The fraction of sp³-hybridized carbons (Fsp3) is 0.615. The lowest BCUT2D eigenvalue weighted by Gasteiger charge is -2.06. The first-order chi connectivity index (χ1) is 7.60. The summed E-state index contributed by atoms with van der Waals surface area (Å²) in [4.78, 5) is 11.2. The van der Waals surface area contributed by atoms with Gasteiger partial charge in [0.2, 0.25) is 0 Å². The van der Waals surface area contributed by atoms with Crippen LogP contribution in [0.25, 0.3) is 0 Å². The fourth-order valence-electron chi connectivity index (χ4n) is 1.20. The first-order valence-electron chi connectivity index (χ1n) is 5.70. The van der Waals surface area contributed by atoms with Crippen molar-refractivity contribution < 1.29 is 14.3 Å². The van der Waals surface area contributed by atoms with E-state index in [0.29, 0.717) is 13.2 Å². The van der Waals surface area contributed by atoms with Crippen LogP contribution >= 0.6 is 0 Å². The highest BCUT2D eigenvalue weighted by molar-refractivity contribution is 5.60. The average molecular weight is 226 g/mol. The van der Waals surface area contributed by atoms with E-state index in [1.807, 2.05) is 39.8 Å². The maximum Gasteiger partial charge on any atom is 0.508 e. The van der Waals surface area contributed by atoms with E-state index in [9.17, 15) is 4.79 Å². The van der Waals surface area contributed by atoms with Crippen LogP contribution in [-0.4, -0.2) is 19.4 Å². The van der Waals surface area contributed by atoms with Gasteiger partial charge >= 0.3 is 6.16 Å². The second-order valence-electron chi connectivity index (χ2n) is 3.74. The quantitative estimate of drug-likeness (QED) is 0.509. The number of carbonyl (C=O) groups is 1. The SMILES string of the molecule is CCC=C(C)COC(=O)OCC(C)=CCC. The second kappa shape index (κ2) is 9.01. The van der Waals surface area contributed by atoms with Crippen molar-refractivity contribution in [2.75, 3.05) is 13.2 Å². The molecule has 92 valence electrons. The van der Waals surface area contributed by atoms with Gasteiger partial charge in [-0.25, -0.2) is 4.79 Å². The van der Waals surface area contributed by atoms with Crippen molar-refractivity contribution >= 4 is 6.16 Å². The van der Waals surface area contributed by atoms with Crippen molar-refractivity contribution in [2.24, 2.45) is 0 Å². The monoisotopic (exact) mass is 226 g/mol. The highest BCUT2D eigenvalue weighted by Crippen LogP contribution is 2.00. The average Bonchev–Trinajstić information content (AvgIpc) is 2.24. The molecule has 0 amide bonds. The first-order valence-corrected chi connectivity index (χ1v) is 5.70. The molecule has 0 spiro atoms. The van der Waals surface area contributed by atoms with E-state index in [2.05, 4.69) is 0 Å². The topological polar surface area (TPSA) is 35.5 Å². The van der Waals surface area contributed by atoms with Crippen LogP contribution in [0.15, 0.2) is 23.3 Å². The smallest absolute Gasteiger partial charge is 0.430 e. The molecular formula is C13H22O3. The largest absolute Gasteiger partial charge is 0.508 e. The van der Waals surface area contributed by atoms with Gasteiger partial charge in [-0.3, -0.25) is 0 Å². The van der Waals surface area contributed by atoms with Gasteiger partial charge in [-0.05, 0) is 37.8 Å². The fourth-order valence-corrected chi connectivity index (χ4v) is 1.20. The Bertz CT molecular complexity index is 238. The maximum absolute atomic E-state index is 11.2. The summed E-state index contributed by atoms with van der Waals surface area (Å²) in [7, 11) is 0. The van der Waals surface area contributed by atoms with Gasteiger partial charge in [0.1, 0.15) is 13.2 Å². The van der Waals surface area contributed by atoms with E-state index in [1.165, 1.54) is 0 Å². The van der Waals surface area contributed by atoms with Crippen molar-refractivity contribution in [3.8, 4) is 0 Å². The van der Waals surface area contributed by atoms with Crippen LogP contribution in [0.4, 0.5) is 4.79 Å². The molecule has 0 aliphatic heterocycles. The van der Waals surface area contributed by atoms with Crippen LogP contribution in [0.1, 0.15) is 40.5 Å². The van der Waals surface area contributed by atoms with Crippen LogP contribution in [0.3, 0.4) is 0 Å². The summed E-state index contributed by atoms with van der Waals surface area (Å²) in [6, 6.07) is 0. The Hall–Kier alpha value is -1.25. The zero-order chi connectivity index (χ0) is 12.4. The van der Waals surface area contributed by atoms with Gasteiger partial charge in [0, 0.05) is 0 Å². The molecule has 0 aliphatic carbocycles. The molecule has 0 unspecified atom stereocenters. The molecule has 3 nitrogen and oxygen atoms in total. The number of hydrogen-bond donors (Lipinski definition) is 0. The highest BCUT2D eigenvalue weighted by Gasteiger charge is 2.03. The number of rotatable bonds is 6. The Morgan fingerprint density at radius 1 is 0.938 bits per heavy atom. The Labute approximate surface area is 98.1 Å². The van der Waals surface area contributed by atoms with Gasteiger partial charge in [0.05, 0.1) is 0 Å². The summed E-state index contributed by atoms with van der Waals surface area (Å²) in [5.41, 5.74) is 2.08. The van der Waals surface area contributed by atoms with Gasteiger partial charge in [-0.15, -0.1) is 0 Å². The third-order valence-corrected chi connectivity index (χ3v) is 1.94. The molecule has 0 fully saturated rings. The van der Waals surface area contributed by atoms with Crippen molar-refractivity contribution in [1.82, 2.24) is 0 Å². The van der Waals surface area contributed by atoms with E-state index in [1.54, 1.807) is 0 Å². The molecule has 0 aromatic carbocycles. The minimum absolute atomic E-state index is 0.309. The number of hydrogen-bond acceptors (Lipinski definition) is 3. The molecule has 0 bridgehead atoms. The molecule has 0 rings (SSSR count). The number of ether oxygens (including phenoxy) is 2. The lowest BCUT2D eigenvalue weighted by Crippen LogP contribution is -2.10. The number of allylic oxidation sites excluding steroid dienone is 2. The second-order valence-corrected chi connectivity index (χ2v) is 3.74. The molecule has 0 atom stereocenters. The predicted molar refractivity (Wildman–Crippen MR) is 65.4 cm³/mol. The molecule has 0 saturated heterocycles. The lowest BCUT2D eigenvalue weighted by atomic mass is 10.3. The Kier molecular flexibility index (Phi) is 8.31. The summed E-state index contributed by atoms with van der Waals surface area (Å²) in [5.74, 6) is 0. The predicted octanol–water partition coefficient (Wildman–Crippen LogP) is 3.85. The van der Waals surface area contributed by atoms with Gasteiger partial charge in [0.15, 0.2) is 0 Å². The van der Waals surface area contributed by atoms with Crippen molar-refractivity contribution in [3.63, 3.8) is 0 Å². The first kappa shape index (κ1) is 14.8. The van der Waals surface area contributed by atoms with Crippen LogP contribution in [-0.2, 0) is 9.47 Å². The Morgan fingerprint density at radius 2 is 1.31 bits per heavy atom. The van der Waals surface area contributed by atoms with E-state index in [0.717, 1.165) is 24.0 Å². The minimum Gasteiger partial charge on any atom is -0.430 e. The van der Waals surface area contributed by atoms with Gasteiger partial charge in [-0.1, -0.05) is 26.0 Å². The molecule has 3 heteroatoms. The Balaban J connectivity index is 3.75. The summed E-state index contributed by atoms with van der Waals surface area (Å²) >= 11 is 0. The van der Waals surface area contributed by atoms with Crippen molar-refractivity contribution in [3.05, 3.63) is 23.3 Å². The van der Waals surface area contributed by atoms with E-state index < -0.39 is 6.16 Å². The molecule has 16 heavy (non-hydrogen) atoms. The van der Waals surface area contributed by atoms with Gasteiger partial charge in [-0.2, -0.15) is 0 Å². The summed E-state index contributed by atoms with van der Waals surface area (Å²) < 4.78 is 9.86. The molecule has 0 heterocycles. The third kappa shape index (κ3) is 8.09. The zero-order valence-corrected chi connectivity index (χ0v) is 10.7. The van der Waals surface area contributed by atoms with Crippen molar-refractivity contribution in [2.45, 2.75) is 40.5 Å². The molecular weight excluding hydrogens is 204 g/mol. The molecule has 0 N–H and O–H groups in total. The third-order valence-electron chi connectivity index (χ3n) is 1.94. The summed E-state index contributed by atoms with van der Waals surface area (Å²) in [6.45, 7) is 8.56. The normalized spacial score (nSPS) is 12.5. The minimum atomic E-state index is -0.604. The molecule has 0 saturated carbocycles. The standard InChI is InChI=1S/C13H22O3/c1-5-7-11(3)9-15-13(14)16-10-12(4)8-6-2/h7-8H,5-6,9-10H2,1-4H3. The van der Waals surface area contributed by atoms with Gasteiger partial charge < -0.3 is 9.47 Å². The van der Waals surface area contributed by atoms with Gasteiger partial charge in [0.25, 0.3) is 0 Å². The maximum atomic E-state index is 11.2. The molecule has 0 radical (unpaired) electrons. The van der Waals surface area contributed by atoms with E-state index in [4.69, 9.17) is 9.47 Å².